The molecule has 25 heavy (non-hydrogen) atoms. The molecular formula is C22H23NOS. The van der Waals surface area contributed by atoms with Crippen LogP contribution >= 0.6 is 11.8 Å². The molecule has 0 unspecified atom stereocenters. The first-order valence-corrected chi connectivity index (χ1v) is 10.1. The molecule has 1 fully saturated rings. The maximum absolute atomic E-state index is 12.5. The molecule has 0 amide bonds. The second kappa shape index (κ2) is 7.49. The van der Waals surface area contributed by atoms with E-state index in [9.17, 15) is 4.79 Å². The van der Waals surface area contributed by atoms with Crippen LogP contribution in [0.25, 0.3) is 10.9 Å². The zero-order valence-electron chi connectivity index (χ0n) is 14.4. The lowest BCUT2D eigenvalue weighted by Gasteiger charge is -2.25. The molecule has 0 N–H and O–H groups in total. The van der Waals surface area contributed by atoms with E-state index in [1.165, 1.54) is 35.1 Å². The van der Waals surface area contributed by atoms with E-state index in [1.807, 2.05) is 22.4 Å². The first-order valence-electron chi connectivity index (χ1n) is 9.13. The van der Waals surface area contributed by atoms with Crippen LogP contribution in [-0.2, 0) is 5.75 Å². The first-order chi connectivity index (χ1) is 12.3. The number of hydrogen-bond donors (Lipinski definition) is 0. The smallest absolute Gasteiger partial charge is 0.251 e. The highest BCUT2D eigenvalue weighted by atomic mass is 32.2. The topological polar surface area (TPSA) is 22.0 Å². The van der Waals surface area contributed by atoms with Gasteiger partial charge in [-0.25, -0.2) is 0 Å². The number of pyridine rings is 1. The molecule has 1 heterocycles. The predicted octanol–water partition coefficient (Wildman–Crippen LogP) is 5.80. The summed E-state index contributed by atoms with van der Waals surface area (Å²) in [4.78, 5) is 13.7. The van der Waals surface area contributed by atoms with Crippen molar-refractivity contribution in [2.24, 2.45) is 0 Å². The van der Waals surface area contributed by atoms with Gasteiger partial charge < -0.3 is 4.57 Å². The van der Waals surface area contributed by atoms with Crippen LogP contribution in [0, 0.1) is 0 Å². The number of benzene rings is 2. The van der Waals surface area contributed by atoms with E-state index in [-0.39, 0.29) is 5.56 Å². The van der Waals surface area contributed by atoms with Crippen molar-refractivity contribution in [1.82, 2.24) is 4.57 Å². The number of rotatable bonds is 4. The Labute approximate surface area is 152 Å². The normalized spacial score (nSPS) is 15.5. The van der Waals surface area contributed by atoms with Crippen LogP contribution in [0.1, 0.15) is 43.7 Å². The average molecular weight is 349 g/mol. The Kier molecular flexibility index (Phi) is 4.93. The summed E-state index contributed by atoms with van der Waals surface area (Å²) in [7, 11) is 0. The van der Waals surface area contributed by atoms with E-state index < -0.39 is 0 Å². The molecular weight excluding hydrogens is 326 g/mol. The van der Waals surface area contributed by atoms with Gasteiger partial charge in [0.2, 0.25) is 0 Å². The number of fused-ring (bicyclic) bond motifs is 1. The van der Waals surface area contributed by atoms with Gasteiger partial charge in [0, 0.05) is 22.8 Å². The molecule has 1 saturated carbocycles. The van der Waals surface area contributed by atoms with Crippen LogP contribution < -0.4 is 5.56 Å². The largest absolute Gasteiger partial charge is 0.305 e. The quantitative estimate of drug-likeness (QED) is 0.555. The maximum Gasteiger partial charge on any atom is 0.251 e. The summed E-state index contributed by atoms with van der Waals surface area (Å²) in [6.07, 6.45) is 6.03. The van der Waals surface area contributed by atoms with Crippen LogP contribution in [0.4, 0.5) is 0 Å². The van der Waals surface area contributed by atoms with Gasteiger partial charge in [-0.05, 0) is 48.1 Å². The number of thioether (sulfide) groups is 1. The van der Waals surface area contributed by atoms with E-state index >= 15 is 0 Å². The Balaban J connectivity index is 1.62. The summed E-state index contributed by atoms with van der Waals surface area (Å²) in [5.41, 5.74) is 2.56. The fraction of sp³-hybridized carbons (Fsp3) is 0.318. The van der Waals surface area contributed by atoms with Gasteiger partial charge >= 0.3 is 0 Å². The molecule has 0 aliphatic heterocycles. The zero-order valence-corrected chi connectivity index (χ0v) is 15.2. The standard InChI is InChI=1S/C22H23NOS/c24-22-14-11-18-15-20(25-16-17-7-3-1-4-8-17)12-13-21(18)23(22)19-9-5-2-6-10-19/h1,3-4,7-8,11-15,19H,2,5-6,9-10,16H2. The Hall–Kier alpha value is -2.00. The third-order valence-corrected chi connectivity index (χ3v) is 6.15. The van der Waals surface area contributed by atoms with Crippen molar-refractivity contribution in [3.63, 3.8) is 0 Å². The van der Waals surface area contributed by atoms with Crippen molar-refractivity contribution in [2.45, 2.75) is 48.8 Å². The molecule has 1 aliphatic carbocycles. The van der Waals surface area contributed by atoms with Gasteiger partial charge in [-0.2, -0.15) is 0 Å². The number of nitrogens with zero attached hydrogens (tertiary/aromatic N) is 1. The molecule has 3 aromatic rings. The first kappa shape index (κ1) is 16.5. The molecule has 0 radical (unpaired) electrons. The minimum atomic E-state index is 0.143. The minimum absolute atomic E-state index is 0.143. The molecule has 0 saturated heterocycles. The van der Waals surface area contributed by atoms with Gasteiger partial charge in [0.05, 0.1) is 5.52 Å². The molecule has 0 atom stereocenters. The van der Waals surface area contributed by atoms with Gasteiger partial charge in [0.25, 0.3) is 5.56 Å². The molecule has 3 heteroatoms. The van der Waals surface area contributed by atoms with E-state index in [4.69, 9.17) is 0 Å². The lowest BCUT2D eigenvalue weighted by Crippen LogP contribution is -2.25. The van der Waals surface area contributed by atoms with E-state index in [1.54, 1.807) is 6.07 Å². The van der Waals surface area contributed by atoms with Crippen molar-refractivity contribution in [3.05, 3.63) is 76.6 Å². The van der Waals surface area contributed by atoms with E-state index in [0.717, 1.165) is 24.1 Å². The SMILES string of the molecule is O=c1ccc2cc(SCc3ccccc3)ccc2n1C1CCCCC1. The van der Waals surface area contributed by atoms with E-state index in [0.29, 0.717) is 6.04 Å². The Bertz CT molecular complexity index is 910. The van der Waals surface area contributed by atoms with Crippen molar-refractivity contribution < 1.29 is 0 Å². The summed E-state index contributed by atoms with van der Waals surface area (Å²) in [5.74, 6) is 0.967. The van der Waals surface area contributed by atoms with Crippen molar-refractivity contribution >= 4 is 22.7 Å². The molecule has 1 aromatic heterocycles. The molecule has 1 aliphatic rings. The van der Waals surface area contributed by atoms with Gasteiger partial charge in [-0.15, -0.1) is 11.8 Å². The van der Waals surface area contributed by atoms with Crippen LogP contribution in [0.5, 0.6) is 0 Å². The summed E-state index contributed by atoms with van der Waals surface area (Å²) in [6.45, 7) is 0. The van der Waals surface area contributed by atoms with Crippen LogP contribution in [0.3, 0.4) is 0 Å². The molecule has 4 rings (SSSR count). The predicted molar refractivity (Wildman–Crippen MR) is 106 cm³/mol. The lowest BCUT2D eigenvalue weighted by molar-refractivity contribution is 0.354. The molecule has 2 aromatic carbocycles. The highest BCUT2D eigenvalue weighted by molar-refractivity contribution is 7.98. The molecule has 0 spiro atoms. The molecule has 0 bridgehead atoms. The van der Waals surface area contributed by atoms with E-state index in [2.05, 4.69) is 48.5 Å². The summed E-state index contributed by atoms with van der Waals surface area (Å²) in [6, 6.07) is 21.1. The Morgan fingerprint density at radius 1 is 0.920 bits per heavy atom. The van der Waals surface area contributed by atoms with Crippen LogP contribution in [-0.4, -0.2) is 4.57 Å². The van der Waals surface area contributed by atoms with Crippen LogP contribution in [0.2, 0.25) is 0 Å². The molecule has 128 valence electrons. The number of hydrogen-bond acceptors (Lipinski definition) is 2. The van der Waals surface area contributed by atoms with Gasteiger partial charge in [-0.1, -0.05) is 49.6 Å². The minimum Gasteiger partial charge on any atom is -0.305 e. The maximum atomic E-state index is 12.5. The monoisotopic (exact) mass is 349 g/mol. The van der Waals surface area contributed by atoms with Crippen molar-refractivity contribution in [2.75, 3.05) is 0 Å². The second-order valence-electron chi connectivity index (χ2n) is 6.83. The highest BCUT2D eigenvalue weighted by Crippen LogP contribution is 2.31. The van der Waals surface area contributed by atoms with Gasteiger partial charge in [0.1, 0.15) is 0 Å². The zero-order chi connectivity index (χ0) is 17.1. The second-order valence-corrected chi connectivity index (χ2v) is 7.88. The highest BCUT2D eigenvalue weighted by Gasteiger charge is 2.18. The van der Waals surface area contributed by atoms with Crippen molar-refractivity contribution in [1.29, 1.82) is 0 Å². The van der Waals surface area contributed by atoms with Gasteiger partial charge in [0.15, 0.2) is 0 Å². The van der Waals surface area contributed by atoms with Crippen molar-refractivity contribution in [3.8, 4) is 0 Å². The fourth-order valence-corrected chi connectivity index (χ4v) is 4.69. The van der Waals surface area contributed by atoms with Crippen LogP contribution in [0.15, 0.2) is 70.4 Å². The summed E-state index contributed by atoms with van der Waals surface area (Å²) < 4.78 is 2.04. The average Bonchev–Trinajstić information content (AvgIpc) is 2.68. The Morgan fingerprint density at radius 3 is 2.52 bits per heavy atom. The Morgan fingerprint density at radius 2 is 1.72 bits per heavy atom. The third-order valence-electron chi connectivity index (χ3n) is 5.09. The summed E-state index contributed by atoms with van der Waals surface area (Å²) in [5, 5.41) is 1.17. The number of aromatic nitrogens is 1. The summed E-state index contributed by atoms with van der Waals surface area (Å²) >= 11 is 1.85. The lowest BCUT2D eigenvalue weighted by atomic mass is 9.95. The van der Waals surface area contributed by atoms with Gasteiger partial charge in [-0.3, -0.25) is 4.79 Å². The third kappa shape index (κ3) is 3.67. The fourth-order valence-electron chi connectivity index (χ4n) is 3.79. The molecule has 2 nitrogen and oxygen atoms in total.